The van der Waals surface area contributed by atoms with Crippen LogP contribution in [0, 0.1) is 0 Å². The fourth-order valence-corrected chi connectivity index (χ4v) is 2.49. The van der Waals surface area contributed by atoms with Crippen LogP contribution >= 0.6 is 34.8 Å². The van der Waals surface area contributed by atoms with Gasteiger partial charge in [-0.1, -0.05) is 53.0 Å². The molecule has 27 heavy (non-hydrogen) atoms. The Kier molecular flexibility index (Phi) is 5.51. The monoisotopic (exact) mass is 426 g/mol. The molecule has 2 aromatic carbocycles. The molecule has 0 radical (unpaired) electrons. The second-order valence-corrected chi connectivity index (χ2v) is 7.75. The average Bonchev–Trinajstić information content (AvgIpc) is 3.06. The molecule has 1 heterocycles. The van der Waals surface area contributed by atoms with Crippen molar-refractivity contribution in [3.63, 3.8) is 0 Å². The number of methoxy groups -OCH3 is 1. The highest BCUT2D eigenvalue weighted by Crippen LogP contribution is 2.32. The van der Waals surface area contributed by atoms with Crippen LogP contribution in [0.25, 0.3) is 11.0 Å². The van der Waals surface area contributed by atoms with Gasteiger partial charge >= 0.3 is 0 Å². The first-order chi connectivity index (χ1) is 12.8. The number of rotatable bonds is 4. The summed E-state index contributed by atoms with van der Waals surface area (Å²) in [5.41, 5.74) is 1.33. The van der Waals surface area contributed by atoms with E-state index in [9.17, 15) is 9.59 Å². The summed E-state index contributed by atoms with van der Waals surface area (Å²) in [5.74, 6) is -0.787. The lowest BCUT2D eigenvalue weighted by Crippen LogP contribution is -2.26. The number of fused-ring (bicyclic) bond motifs is 1. The largest absolute Gasteiger partial charge is 0.494 e. The number of benzene rings is 2. The van der Waals surface area contributed by atoms with Gasteiger partial charge in [0, 0.05) is 17.1 Å². The van der Waals surface area contributed by atoms with Gasteiger partial charge in [-0.15, -0.1) is 0 Å². The summed E-state index contributed by atoms with van der Waals surface area (Å²) in [6, 6.07) is 13.5. The van der Waals surface area contributed by atoms with Crippen molar-refractivity contribution in [2.75, 3.05) is 17.7 Å². The maximum Gasteiger partial charge on any atom is 0.291 e. The van der Waals surface area contributed by atoms with Gasteiger partial charge in [-0.2, -0.15) is 0 Å². The molecule has 0 saturated heterocycles. The average molecular weight is 428 g/mol. The Bertz CT molecular complexity index is 978. The number of carbonyl (C=O) groups is 2. The van der Waals surface area contributed by atoms with Crippen LogP contribution in [0.1, 0.15) is 10.6 Å². The van der Waals surface area contributed by atoms with Crippen LogP contribution in [-0.4, -0.2) is 22.7 Å². The molecule has 0 atom stereocenters. The van der Waals surface area contributed by atoms with Crippen molar-refractivity contribution >= 4 is 69.0 Å². The topological polar surface area (TPSA) is 80.6 Å². The summed E-state index contributed by atoms with van der Waals surface area (Å²) >= 11 is 16.6. The summed E-state index contributed by atoms with van der Waals surface area (Å²) in [6.07, 6.45) is 0. The van der Waals surface area contributed by atoms with E-state index < -0.39 is 15.6 Å². The highest BCUT2D eigenvalue weighted by molar-refractivity contribution is 6.76. The number of hydrogen-bond donors (Lipinski definition) is 2. The molecule has 3 rings (SSSR count). The predicted octanol–water partition coefficient (Wildman–Crippen LogP) is 5.00. The molecule has 2 amide bonds. The summed E-state index contributed by atoms with van der Waals surface area (Å²) in [4.78, 5) is 24.2. The minimum absolute atomic E-state index is 0.159. The first kappa shape index (κ1) is 19.4. The molecular formula is C18H13Cl3N2O4. The summed E-state index contributed by atoms with van der Waals surface area (Å²) in [7, 11) is 1.42. The Morgan fingerprint density at radius 3 is 2.44 bits per heavy atom. The zero-order valence-electron chi connectivity index (χ0n) is 13.9. The number of alkyl halides is 3. The zero-order chi connectivity index (χ0) is 19.6. The van der Waals surface area contributed by atoms with E-state index in [-0.39, 0.29) is 5.76 Å². The third-order valence-electron chi connectivity index (χ3n) is 3.61. The normalized spacial score (nSPS) is 11.3. The highest BCUT2D eigenvalue weighted by Gasteiger charge is 2.30. The number of furan rings is 1. The number of amides is 2. The predicted molar refractivity (Wildman–Crippen MR) is 106 cm³/mol. The first-order valence-corrected chi connectivity index (χ1v) is 8.77. The van der Waals surface area contributed by atoms with Crippen LogP contribution in [0.4, 0.5) is 11.4 Å². The van der Waals surface area contributed by atoms with E-state index in [0.29, 0.717) is 22.7 Å². The van der Waals surface area contributed by atoms with Crippen molar-refractivity contribution in [3.05, 3.63) is 54.3 Å². The molecule has 9 heteroatoms. The van der Waals surface area contributed by atoms with Gasteiger partial charge in [-0.25, -0.2) is 0 Å². The van der Waals surface area contributed by atoms with Crippen LogP contribution in [-0.2, 0) is 4.79 Å². The molecule has 3 aromatic rings. The quantitative estimate of drug-likeness (QED) is 0.574. The van der Waals surface area contributed by atoms with Gasteiger partial charge in [0.05, 0.1) is 12.8 Å². The highest BCUT2D eigenvalue weighted by atomic mass is 35.6. The Morgan fingerprint density at radius 2 is 1.78 bits per heavy atom. The Balaban J connectivity index is 1.79. The number of halogens is 3. The molecule has 1 aromatic heterocycles. The van der Waals surface area contributed by atoms with E-state index in [4.69, 9.17) is 44.0 Å². The standard InChI is InChI=1S/C18H13Cl3N2O4/c1-26-14-9-11(22-17(25)18(19,20)21)6-7-12(14)23-16(24)15-8-10-4-2-3-5-13(10)27-15/h2-9H,1H3,(H,22,25)(H,23,24). The minimum atomic E-state index is -2.10. The summed E-state index contributed by atoms with van der Waals surface area (Å²) < 4.78 is 8.69. The van der Waals surface area contributed by atoms with Crippen LogP contribution < -0.4 is 15.4 Å². The van der Waals surface area contributed by atoms with E-state index in [0.717, 1.165) is 5.39 Å². The second-order valence-electron chi connectivity index (χ2n) is 5.47. The minimum Gasteiger partial charge on any atom is -0.494 e. The fraction of sp³-hybridized carbons (Fsp3) is 0.111. The lowest BCUT2D eigenvalue weighted by atomic mass is 10.2. The van der Waals surface area contributed by atoms with Gasteiger partial charge in [0.2, 0.25) is 0 Å². The fourth-order valence-electron chi connectivity index (χ4n) is 2.35. The Hall–Kier alpha value is -2.41. The van der Waals surface area contributed by atoms with Crippen LogP contribution in [0.3, 0.4) is 0 Å². The SMILES string of the molecule is COc1cc(NC(=O)C(Cl)(Cl)Cl)ccc1NC(=O)c1cc2ccccc2o1. The summed E-state index contributed by atoms with van der Waals surface area (Å²) in [6.45, 7) is 0. The molecule has 2 N–H and O–H groups in total. The van der Waals surface area contributed by atoms with Crippen molar-refractivity contribution < 1.29 is 18.7 Å². The van der Waals surface area contributed by atoms with Gasteiger partial charge in [0.25, 0.3) is 15.6 Å². The van der Waals surface area contributed by atoms with E-state index in [1.165, 1.54) is 19.2 Å². The number of anilines is 2. The summed E-state index contributed by atoms with van der Waals surface area (Å²) in [5, 5.41) is 5.96. The zero-order valence-corrected chi connectivity index (χ0v) is 16.2. The van der Waals surface area contributed by atoms with Crippen molar-refractivity contribution in [1.29, 1.82) is 0 Å². The van der Waals surface area contributed by atoms with Gasteiger partial charge in [0.1, 0.15) is 11.3 Å². The van der Waals surface area contributed by atoms with Crippen molar-refractivity contribution in [3.8, 4) is 5.75 Å². The van der Waals surface area contributed by atoms with Crippen LogP contribution in [0.15, 0.2) is 52.9 Å². The molecule has 140 valence electrons. The molecule has 0 fully saturated rings. The van der Waals surface area contributed by atoms with Crippen LogP contribution in [0.5, 0.6) is 5.75 Å². The molecular weight excluding hydrogens is 415 g/mol. The van der Waals surface area contributed by atoms with Gasteiger partial charge < -0.3 is 19.8 Å². The van der Waals surface area contributed by atoms with Crippen molar-refractivity contribution in [2.45, 2.75) is 3.79 Å². The number of hydrogen-bond acceptors (Lipinski definition) is 4. The van der Waals surface area contributed by atoms with Crippen LogP contribution in [0.2, 0.25) is 0 Å². The second kappa shape index (κ2) is 7.68. The number of nitrogens with one attached hydrogen (secondary N) is 2. The van der Waals surface area contributed by atoms with E-state index in [2.05, 4.69) is 10.6 Å². The van der Waals surface area contributed by atoms with Gasteiger partial charge in [0.15, 0.2) is 5.76 Å². The molecule has 0 bridgehead atoms. The third kappa shape index (κ3) is 4.47. The molecule has 0 aliphatic carbocycles. The lowest BCUT2D eigenvalue weighted by Gasteiger charge is -2.14. The molecule has 0 saturated carbocycles. The Morgan fingerprint density at radius 1 is 1.04 bits per heavy atom. The lowest BCUT2D eigenvalue weighted by molar-refractivity contribution is -0.115. The number of carbonyl (C=O) groups excluding carboxylic acids is 2. The Labute approximate surface area is 169 Å². The molecule has 0 aliphatic heterocycles. The maximum absolute atomic E-state index is 12.5. The molecule has 6 nitrogen and oxygen atoms in total. The van der Waals surface area contributed by atoms with Crippen molar-refractivity contribution in [2.24, 2.45) is 0 Å². The van der Waals surface area contributed by atoms with Crippen molar-refractivity contribution in [1.82, 2.24) is 0 Å². The van der Waals surface area contributed by atoms with Gasteiger partial charge in [-0.3, -0.25) is 9.59 Å². The molecule has 0 unspecified atom stereocenters. The number of ether oxygens (including phenoxy) is 1. The van der Waals surface area contributed by atoms with E-state index in [1.54, 1.807) is 18.2 Å². The molecule has 0 aliphatic rings. The van der Waals surface area contributed by atoms with Gasteiger partial charge in [-0.05, 0) is 24.3 Å². The van der Waals surface area contributed by atoms with E-state index >= 15 is 0 Å². The smallest absolute Gasteiger partial charge is 0.291 e. The third-order valence-corrected chi connectivity index (χ3v) is 4.13. The first-order valence-electron chi connectivity index (χ1n) is 7.64. The molecule has 0 spiro atoms. The maximum atomic E-state index is 12.5. The van der Waals surface area contributed by atoms with E-state index in [1.807, 2.05) is 18.2 Å². The number of para-hydroxylation sites is 1.